The van der Waals surface area contributed by atoms with Crippen LogP contribution in [0, 0.1) is 6.92 Å². The van der Waals surface area contributed by atoms with Gasteiger partial charge >= 0.3 is 0 Å². The molecule has 1 heterocycles. The van der Waals surface area contributed by atoms with Gasteiger partial charge in [0.15, 0.2) is 0 Å². The molecule has 0 aromatic carbocycles. The van der Waals surface area contributed by atoms with E-state index in [2.05, 4.69) is 16.9 Å². The van der Waals surface area contributed by atoms with E-state index in [-0.39, 0.29) is 5.56 Å². The highest BCUT2D eigenvalue weighted by Gasteiger charge is 2.03. The topological polar surface area (TPSA) is 49.0 Å². The van der Waals surface area contributed by atoms with E-state index in [4.69, 9.17) is 0 Å². The van der Waals surface area contributed by atoms with Crippen molar-refractivity contribution in [2.75, 3.05) is 18.5 Å². The lowest BCUT2D eigenvalue weighted by Gasteiger charge is -2.17. The Bertz CT molecular complexity index is 345. The van der Waals surface area contributed by atoms with Gasteiger partial charge in [-0.3, -0.25) is 4.79 Å². The van der Waals surface area contributed by atoms with Crippen molar-refractivity contribution in [2.24, 2.45) is 0 Å². The molecular formula is C10H17N3O. The van der Waals surface area contributed by atoms with Crippen LogP contribution in [0.1, 0.15) is 25.6 Å². The Balaban J connectivity index is 2.79. The molecule has 0 atom stereocenters. The molecule has 0 aliphatic heterocycles. The van der Waals surface area contributed by atoms with Crippen LogP contribution in [0.5, 0.6) is 0 Å². The summed E-state index contributed by atoms with van der Waals surface area (Å²) in [6, 6.07) is 1.53. The number of aromatic amines is 1. The second kappa shape index (κ2) is 4.79. The van der Waals surface area contributed by atoms with Crippen molar-refractivity contribution >= 4 is 5.82 Å². The zero-order valence-electron chi connectivity index (χ0n) is 9.00. The molecule has 0 unspecified atom stereocenters. The molecule has 14 heavy (non-hydrogen) atoms. The Morgan fingerprint density at radius 2 is 2.29 bits per heavy atom. The fourth-order valence-corrected chi connectivity index (χ4v) is 1.27. The van der Waals surface area contributed by atoms with Crippen molar-refractivity contribution in [2.45, 2.75) is 26.7 Å². The maximum Gasteiger partial charge on any atom is 0.252 e. The monoisotopic (exact) mass is 195 g/mol. The van der Waals surface area contributed by atoms with Crippen LogP contribution in [0.25, 0.3) is 0 Å². The van der Waals surface area contributed by atoms with Crippen LogP contribution in [-0.2, 0) is 0 Å². The highest BCUT2D eigenvalue weighted by molar-refractivity contribution is 5.35. The fourth-order valence-electron chi connectivity index (χ4n) is 1.27. The maximum atomic E-state index is 11.2. The summed E-state index contributed by atoms with van der Waals surface area (Å²) in [5, 5.41) is 0. The van der Waals surface area contributed by atoms with Crippen LogP contribution >= 0.6 is 0 Å². The summed E-state index contributed by atoms with van der Waals surface area (Å²) >= 11 is 0. The number of aryl methyl sites for hydroxylation is 1. The van der Waals surface area contributed by atoms with Gasteiger partial charge in [-0.15, -0.1) is 0 Å². The minimum absolute atomic E-state index is 0.0872. The third-order valence-corrected chi connectivity index (χ3v) is 2.08. The number of hydrogen-bond donors (Lipinski definition) is 1. The maximum absolute atomic E-state index is 11.2. The Morgan fingerprint density at radius 3 is 2.86 bits per heavy atom. The van der Waals surface area contributed by atoms with E-state index >= 15 is 0 Å². The number of rotatable bonds is 4. The summed E-state index contributed by atoms with van der Waals surface area (Å²) in [6.45, 7) is 4.87. The van der Waals surface area contributed by atoms with Gasteiger partial charge < -0.3 is 9.88 Å². The van der Waals surface area contributed by atoms with Gasteiger partial charge in [0, 0.05) is 19.7 Å². The van der Waals surface area contributed by atoms with Crippen molar-refractivity contribution in [1.82, 2.24) is 9.97 Å². The zero-order valence-corrected chi connectivity index (χ0v) is 9.00. The van der Waals surface area contributed by atoms with Gasteiger partial charge in [0.1, 0.15) is 11.6 Å². The smallest absolute Gasteiger partial charge is 0.252 e. The number of aromatic nitrogens is 2. The number of anilines is 1. The van der Waals surface area contributed by atoms with E-state index in [1.54, 1.807) is 6.92 Å². The fraction of sp³-hybridized carbons (Fsp3) is 0.600. The number of nitrogens with one attached hydrogen (secondary N) is 1. The first-order chi connectivity index (χ1) is 6.63. The van der Waals surface area contributed by atoms with Crippen LogP contribution in [0.4, 0.5) is 5.82 Å². The molecule has 4 nitrogen and oxygen atoms in total. The summed E-state index contributed by atoms with van der Waals surface area (Å²) in [5.41, 5.74) is -0.0872. The SMILES string of the molecule is CCCCN(C)c1cc(=O)[nH]c(C)n1. The van der Waals surface area contributed by atoms with E-state index < -0.39 is 0 Å². The lowest BCUT2D eigenvalue weighted by molar-refractivity contribution is 0.755. The summed E-state index contributed by atoms with van der Waals surface area (Å²) in [6.07, 6.45) is 2.26. The molecule has 0 amide bonds. The van der Waals surface area contributed by atoms with E-state index in [1.807, 2.05) is 11.9 Å². The van der Waals surface area contributed by atoms with Gasteiger partial charge in [0.25, 0.3) is 5.56 Å². The average molecular weight is 195 g/mol. The Kier molecular flexibility index (Phi) is 3.68. The van der Waals surface area contributed by atoms with Gasteiger partial charge in [-0.1, -0.05) is 13.3 Å². The lowest BCUT2D eigenvalue weighted by Crippen LogP contribution is -2.22. The largest absolute Gasteiger partial charge is 0.359 e. The van der Waals surface area contributed by atoms with Gasteiger partial charge in [-0.2, -0.15) is 0 Å². The van der Waals surface area contributed by atoms with Crippen molar-refractivity contribution in [3.05, 3.63) is 22.2 Å². The molecule has 0 spiro atoms. The molecule has 0 fully saturated rings. The van der Waals surface area contributed by atoms with Crippen LogP contribution in [0.2, 0.25) is 0 Å². The summed E-state index contributed by atoms with van der Waals surface area (Å²) in [7, 11) is 1.96. The first-order valence-corrected chi connectivity index (χ1v) is 4.92. The molecule has 0 saturated heterocycles. The predicted octanol–water partition coefficient (Wildman–Crippen LogP) is 1.31. The molecule has 0 radical (unpaired) electrons. The van der Waals surface area contributed by atoms with Gasteiger partial charge in [-0.05, 0) is 13.3 Å². The minimum Gasteiger partial charge on any atom is -0.359 e. The summed E-state index contributed by atoms with van der Waals surface area (Å²) in [4.78, 5) is 20.1. The highest BCUT2D eigenvalue weighted by Crippen LogP contribution is 2.05. The number of unbranched alkanes of at least 4 members (excludes halogenated alkanes) is 1. The molecule has 1 aromatic rings. The van der Waals surface area contributed by atoms with Crippen molar-refractivity contribution in [1.29, 1.82) is 0 Å². The van der Waals surface area contributed by atoms with Crippen molar-refractivity contribution < 1.29 is 0 Å². The molecule has 1 N–H and O–H groups in total. The van der Waals surface area contributed by atoms with E-state index in [9.17, 15) is 4.79 Å². The summed E-state index contributed by atoms with van der Waals surface area (Å²) in [5.74, 6) is 1.41. The van der Waals surface area contributed by atoms with Crippen LogP contribution in [0.3, 0.4) is 0 Å². The average Bonchev–Trinajstić information content (AvgIpc) is 2.12. The number of hydrogen-bond acceptors (Lipinski definition) is 3. The Hall–Kier alpha value is -1.32. The normalized spacial score (nSPS) is 10.2. The number of nitrogens with zero attached hydrogens (tertiary/aromatic N) is 2. The minimum atomic E-state index is -0.0872. The third kappa shape index (κ3) is 2.87. The van der Waals surface area contributed by atoms with E-state index in [0.717, 1.165) is 25.2 Å². The first-order valence-electron chi connectivity index (χ1n) is 4.92. The molecule has 0 aliphatic carbocycles. The Labute approximate surface area is 84.0 Å². The molecule has 4 heteroatoms. The quantitative estimate of drug-likeness (QED) is 0.788. The second-order valence-corrected chi connectivity index (χ2v) is 3.46. The zero-order chi connectivity index (χ0) is 10.6. The number of H-pyrrole nitrogens is 1. The molecule has 0 bridgehead atoms. The van der Waals surface area contributed by atoms with Gasteiger partial charge in [0.05, 0.1) is 0 Å². The molecule has 0 aliphatic rings. The first kappa shape index (κ1) is 10.8. The standard InChI is InChI=1S/C10H17N3O/c1-4-5-6-13(3)9-7-10(14)12-8(2)11-9/h7H,4-6H2,1-3H3,(H,11,12,14). The molecule has 78 valence electrons. The Morgan fingerprint density at radius 1 is 1.57 bits per heavy atom. The van der Waals surface area contributed by atoms with Crippen LogP contribution in [0.15, 0.2) is 10.9 Å². The van der Waals surface area contributed by atoms with E-state index in [1.165, 1.54) is 6.07 Å². The van der Waals surface area contributed by atoms with Gasteiger partial charge in [-0.25, -0.2) is 4.98 Å². The summed E-state index contributed by atoms with van der Waals surface area (Å²) < 4.78 is 0. The third-order valence-electron chi connectivity index (χ3n) is 2.08. The second-order valence-electron chi connectivity index (χ2n) is 3.46. The van der Waals surface area contributed by atoms with Crippen molar-refractivity contribution in [3.63, 3.8) is 0 Å². The van der Waals surface area contributed by atoms with Crippen molar-refractivity contribution in [3.8, 4) is 0 Å². The molecule has 1 aromatic heterocycles. The molecule has 0 saturated carbocycles. The van der Waals surface area contributed by atoms with E-state index in [0.29, 0.717) is 5.82 Å². The molecule has 1 rings (SSSR count). The van der Waals surface area contributed by atoms with Gasteiger partial charge in [0.2, 0.25) is 0 Å². The molecular weight excluding hydrogens is 178 g/mol. The van der Waals surface area contributed by atoms with Crippen LogP contribution < -0.4 is 10.5 Å². The highest BCUT2D eigenvalue weighted by atomic mass is 16.1. The van der Waals surface area contributed by atoms with Crippen LogP contribution in [-0.4, -0.2) is 23.6 Å². The lowest BCUT2D eigenvalue weighted by atomic mass is 10.3. The predicted molar refractivity (Wildman–Crippen MR) is 57.8 cm³/mol.